The fourth-order valence-electron chi connectivity index (χ4n) is 3.00. The van der Waals surface area contributed by atoms with E-state index in [-0.39, 0.29) is 5.91 Å². The van der Waals surface area contributed by atoms with E-state index in [1.165, 1.54) is 11.2 Å². The number of quaternary nitrogens is 1. The Kier molecular flexibility index (Phi) is 4.30. The lowest BCUT2D eigenvalue weighted by molar-refractivity contribution is -0.918. The van der Waals surface area contributed by atoms with Crippen LogP contribution in [0.15, 0.2) is 57.6 Å². The molecule has 0 unspecified atom stereocenters. The number of aromatic nitrogens is 2. The van der Waals surface area contributed by atoms with Crippen molar-refractivity contribution in [3.8, 4) is 11.5 Å². The van der Waals surface area contributed by atoms with E-state index in [0.717, 1.165) is 18.7 Å². The highest BCUT2D eigenvalue weighted by molar-refractivity contribution is 5.91. The van der Waals surface area contributed by atoms with Gasteiger partial charge in [0.05, 0.1) is 32.4 Å². The molecule has 7 heteroatoms. The van der Waals surface area contributed by atoms with Crippen LogP contribution < -0.4 is 4.90 Å². The first-order chi connectivity index (χ1) is 12.3. The Bertz CT molecular complexity index is 821. The Morgan fingerprint density at radius 1 is 1.08 bits per heavy atom. The average molecular weight is 339 g/mol. The molecule has 1 saturated heterocycles. The molecule has 7 nitrogen and oxygen atoms in total. The summed E-state index contributed by atoms with van der Waals surface area (Å²) in [6, 6.07) is 13.2. The first-order valence-corrected chi connectivity index (χ1v) is 8.34. The third-order valence-electron chi connectivity index (χ3n) is 4.38. The number of carbonyl (C=O) groups is 1. The van der Waals surface area contributed by atoms with E-state index in [4.69, 9.17) is 8.83 Å². The van der Waals surface area contributed by atoms with Gasteiger partial charge in [-0.15, -0.1) is 10.2 Å². The van der Waals surface area contributed by atoms with E-state index >= 15 is 0 Å². The maximum atomic E-state index is 12.3. The number of hydrogen-bond donors (Lipinski definition) is 1. The van der Waals surface area contributed by atoms with Crippen LogP contribution in [0, 0.1) is 0 Å². The van der Waals surface area contributed by atoms with Crippen molar-refractivity contribution in [2.24, 2.45) is 0 Å². The third kappa shape index (κ3) is 3.46. The third-order valence-corrected chi connectivity index (χ3v) is 4.38. The highest BCUT2D eigenvalue weighted by Gasteiger charge is 2.27. The minimum atomic E-state index is -0.0480. The largest absolute Gasteiger partial charge is 0.459 e. The lowest BCUT2D eigenvalue weighted by atomic mass is 10.2. The molecular formula is C18H19N4O3+. The minimum absolute atomic E-state index is 0.0480. The molecule has 0 spiro atoms. The lowest BCUT2D eigenvalue weighted by Gasteiger charge is -2.30. The van der Waals surface area contributed by atoms with Crippen molar-refractivity contribution in [2.75, 3.05) is 26.2 Å². The molecule has 4 rings (SSSR count). The summed E-state index contributed by atoms with van der Waals surface area (Å²) in [6.07, 6.45) is 1.52. The van der Waals surface area contributed by atoms with Crippen molar-refractivity contribution >= 4 is 5.91 Å². The SMILES string of the molecule is O=C(c1ccco1)N1CC[NH+](Cc2nnc(-c3ccccc3)o2)CC1. The molecule has 3 heterocycles. The van der Waals surface area contributed by atoms with Crippen LogP contribution in [0.25, 0.3) is 11.5 Å². The van der Waals surface area contributed by atoms with Crippen LogP contribution in [0.1, 0.15) is 16.4 Å². The fourth-order valence-corrected chi connectivity index (χ4v) is 3.00. The molecule has 1 fully saturated rings. The van der Waals surface area contributed by atoms with Crippen molar-refractivity contribution in [1.82, 2.24) is 15.1 Å². The van der Waals surface area contributed by atoms with Gasteiger partial charge in [-0.25, -0.2) is 0 Å². The van der Waals surface area contributed by atoms with Gasteiger partial charge in [-0.05, 0) is 24.3 Å². The first kappa shape index (κ1) is 15.6. The molecule has 25 heavy (non-hydrogen) atoms. The van der Waals surface area contributed by atoms with Crippen molar-refractivity contribution in [1.29, 1.82) is 0 Å². The number of nitrogens with zero attached hydrogens (tertiary/aromatic N) is 3. The monoisotopic (exact) mass is 339 g/mol. The van der Waals surface area contributed by atoms with Gasteiger partial charge in [0.15, 0.2) is 12.3 Å². The molecule has 1 N–H and O–H groups in total. The van der Waals surface area contributed by atoms with Gasteiger partial charge in [-0.3, -0.25) is 4.79 Å². The minimum Gasteiger partial charge on any atom is -0.459 e. The second kappa shape index (κ2) is 6.90. The van der Waals surface area contributed by atoms with Crippen LogP contribution in [-0.4, -0.2) is 47.2 Å². The molecule has 128 valence electrons. The van der Waals surface area contributed by atoms with Gasteiger partial charge in [-0.2, -0.15) is 0 Å². The molecule has 1 aromatic carbocycles. The molecule has 1 aliphatic rings. The zero-order chi connectivity index (χ0) is 17.1. The quantitative estimate of drug-likeness (QED) is 0.763. The Balaban J connectivity index is 1.33. The number of benzene rings is 1. The normalized spacial score (nSPS) is 15.4. The Hall–Kier alpha value is -2.93. The van der Waals surface area contributed by atoms with Crippen molar-refractivity contribution in [3.05, 3.63) is 60.4 Å². The summed E-state index contributed by atoms with van der Waals surface area (Å²) in [5.74, 6) is 1.52. The molecule has 2 aromatic heterocycles. The summed E-state index contributed by atoms with van der Waals surface area (Å²) in [5, 5.41) is 8.27. The number of hydrogen-bond acceptors (Lipinski definition) is 5. The van der Waals surface area contributed by atoms with Gasteiger partial charge >= 0.3 is 0 Å². The van der Waals surface area contributed by atoms with E-state index in [1.807, 2.05) is 35.2 Å². The first-order valence-electron chi connectivity index (χ1n) is 8.34. The number of furan rings is 1. The molecule has 0 atom stereocenters. The van der Waals surface area contributed by atoms with Gasteiger partial charge in [-0.1, -0.05) is 18.2 Å². The van der Waals surface area contributed by atoms with E-state index < -0.39 is 0 Å². The van der Waals surface area contributed by atoms with Gasteiger partial charge in [0, 0.05) is 5.56 Å². The zero-order valence-electron chi connectivity index (χ0n) is 13.7. The number of carbonyl (C=O) groups excluding carboxylic acids is 1. The fraction of sp³-hybridized carbons (Fsp3) is 0.278. The van der Waals surface area contributed by atoms with Crippen LogP contribution in [0.3, 0.4) is 0 Å². The summed E-state index contributed by atoms with van der Waals surface area (Å²) < 4.78 is 11.0. The number of amides is 1. The summed E-state index contributed by atoms with van der Waals surface area (Å²) in [6.45, 7) is 3.73. The standard InChI is InChI=1S/C18H18N4O3/c23-18(15-7-4-12-24-15)22-10-8-21(9-11-22)13-16-19-20-17(25-16)14-5-2-1-3-6-14/h1-7,12H,8-11,13H2/p+1. The van der Waals surface area contributed by atoms with Gasteiger partial charge in [0.1, 0.15) is 0 Å². The second-order valence-corrected chi connectivity index (χ2v) is 6.06. The molecule has 0 bridgehead atoms. The van der Waals surface area contributed by atoms with Crippen molar-refractivity contribution in [2.45, 2.75) is 6.54 Å². The van der Waals surface area contributed by atoms with Crippen LogP contribution >= 0.6 is 0 Å². The highest BCUT2D eigenvalue weighted by atomic mass is 16.4. The van der Waals surface area contributed by atoms with E-state index in [9.17, 15) is 4.79 Å². The maximum Gasteiger partial charge on any atom is 0.289 e. The highest BCUT2D eigenvalue weighted by Crippen LogP contribution is 2.16. The topological polar surface area (TPSA) is 76.8 Å². The van der Waals surface area contributed by atoms with E-state index in [2.05, 4.69) is 10.2 Å². The summed E-state index contributed by atoms with van der Waals surface area (Å²) in [7, 11) is 0. The zero-order valence-corrected chi connectivity index (χ0v) is 13.7. The Labute approximate surface area is 144 Å². The molecule has 1 amide bonds. The van der Waals surface area contributed by atoms with Crippen molar-refractivity contribution < 1.29 is 18.5 Å². The van der Waals surface area contributed by atoms with Crippen LogP contribution in [-0.2, 0) is 6.54 Å². The molecule has 0 saturated carbocycles. The van der Waals surface area contributed by atoms with Gasteiger partial charge in [0.25, 0.3) is 11.8 Å². The number of rotatable bonds is 4. The molecule has 3 aromatic rings. The van der Waals surface area contributed by atoms with Gasteiger partial charge in [0.2, 0.25) is 5.89 Å². The maximum absolute atomic E-state index is 12.3. The molecule has 0 aliphatic carbocycles. The predicted molar refractivity (Wildman–Crippen MR) is 88.7 cm³/mol. The van der Waals surface area contributed by atoms with Crippen LogP contribution in [0.2, 0.25) is 0 Å². The van der Waals surface area contributed by atoms with Crippen LogP contribution in [0.4, 0.5) is 0 Å². The molecular weight excluding hydrogens is 320 g/mol. The smallest absolute Gasteiger partial charge is 0.289 e. The van der Waals surface area contributed by atoms with Crippen molar-refractivity contribution in [3.63, 3.8) is 0 Å². The molecule has 1 aliphatic heterocycles. The number of nitrogens with one attached hydrogen (secondary N) is 1. The second-order valence-electron chi connectivity index (χ2n) is 6.06. The Morgan fingerprint density at radius 2 is 1.88 bits per heavy atom. The van der Waals surface area contributed by atoms with Crippen LogP contribution in [0.5, 0.6) is 0 Å². The lowest BCUT2D eigenvalue weighted by Crippen LogP contribution is -3.13. The summed E-state index contributed by atoms with van der Waals surface area (Å²) in [5.41, 5.74) is 0.921. The average Bonchev–Trinajstić information content (AvgIpc) is 3.35. The predicted octanol–water partition coefficient (Wildman–Crippen LogP) is 0.870. The van der Waals surface area contributed by atoms with E-state index in [0.29, 0.717) is 37.2 Å². The molecule has 0 radical (unpaired) electrons. The van der Waals surface area contributed by atoms with Gasteiger partial charge < -0.3 is 18.6 Å². The Morgan fingerprint density at radius 3 is 2.60 bits per heavy atom. The number of piperazine rings is 1. The summed E-state index contributed by atoms with van der Waals surface area (Å²) >= 11 is 0. The van der Waals surface area contributed by atoms with E-state index in [1.54, 1.807) is 12.1 Å². The summed E-state index contributed by atoms with van der Waals surface area (Å²) in [4.78, 5) is 15.4.